The molecule has 0 aromatic heterocycles. The Kier molecular flexibility index (Phi) is 5.87. The molecule has 0 radical (unpaired) electrons. The second kappa shape index (κ2) is 8.51. The minimum Gasteiger partial charge on any atom is -0.452 e. The number of ether oxygens (including phenoxy) is 1. The highest BCUT2D eigenvalue weighted by Gasteiger charge is 2.26. The summed E-state index contributed by atoms with van der Waals surface area (Å²) in [6, 6.07) is 10.6. The van der Waals surface area contributed by atoms with Gasteiger partial charge in [0.2, 0.25) is 5.91 Å². The smallest absolute Gasteiger partial charge is 0.340 e. The monoisotopic (exact) mass is 397 g/mol. The standard InChI is InChI=1S/C20H19N3O6/c1-13-8-9-14(23(27)28)11-16(13)21-18(24)12-29-20(26)15-5-2-3-6-17(15)22-10-4-7-19(22)25/h2-3,5-6,8-9,11H,4,7,10,12H2,1H3,(H,21,24). The Hall–Kier alpha value is -3.75. The molecule has 3 rings (SSSR count). The number of carbonyl (C=O) groups is 3. The molecule has 1 aliphatic rings. The third kappa shape index (κ3) is 4.57. The number of nitrogens with zero attached hydrogens (tertiary/aromatic N) is 2. The molecule has 0 atom stereocenters. The number of rotatable bonds is 6. The van der Waals surface area contributed by atoms with Gasteiger partial charge in [-0.05, 0) is 31.0 Å². The number of para-hydroxylation sites is 1. The Morgan fingerprint density at radius 3 is 2.69 bits per heavy atom. The average Bonchev–Trinajstić information content (AvgIpc) is 3.13. The summed E-state index contributed by atoms with van der Waals surface area (Å²) in [5, 5.41) is 13.4. The minimum absolute atomic E-state index is 0.0656. The zero-order chi connectivity index (χ0) is 21.0. The Morgan fingerprint density at radius 2 is 2.00 bits per heavy atom. The summed E-state index contributed by atoms with van der Waals surface area (Å²) in [6.45, 7) is 1.65. The first kappa shape index (κ1) is 20.0. The van der Waals surface area contributed by atoms with Crippen molar-refractivity contribution in [1.29, 1.82) is 0 Å². The minimum atomic E-state index is -0.730. The van der Waals surface area contributed by atoms with Crippen molar-refractivity contribution >= 4 is 34.8 Å². The second-order valence-electron chi connectivity index (χ2n) is 6.55. The number of anilines is 2. The van der Waals surface area contributed by atoms with E-state index in [0.29, 0.717) is 30.6 Å². The number of nitro groups is 1. The molecular weight excluding hydrogens is 378 g/mol. The van der Waals surface area contributed by atoms with E-state index in [0.717, 1.165) is 0 Å². The quantitative estimate of drug-likeness (QED) is 0.455. The fourth-order valence-corrected chi connectivity index (χ4v) is 3.04. The third-order valence-electron chi connectivity index (χ3n) is 4.53. The summed E-state index contributed by atoms with van der Waals surface area (Å²) in [6.07, 6.45) is 1.14. The molecule has 2 aromatic carbocycles. The van der Waals surface area contributed by atoms with E-state index in [1.54, 1.807) is 25.1 Å². The molecule has 2 aromatic rings. The van der Waals surface area contributed by atoms with Crippen LogP contribution in [0.1, 0.15) is 28.8 Å². The number of hydrogen-bond acceptors (Lipinski definition) is 6. The molecule has 150 valence electrons. The van der Waals surface area contributed by atoms with E-state index in [1.165, 1.54) is 29.2 Å². The summed E-state index contributed by atoms with van der Waals surface area (Å²) in [4.78, 5) is 48.5. The molecule has 1 saturated heterocycles. The van der Waals surface area contributed by atoms with E-state index in [4.69, 9.17) is 4.74 Å². The Labute approximate surface area is 166 Å². The van der Waals surface area contributed by atoms with Crippen molar-refractivity contribution in [2.24, 2.45) is 0 Å². The zero-order valence-corrected chi connectivity index (χ0v) is 15.7. The van der Waals surface area contributed by atoms with Gasteiger partial charge in [0.15, 0.2) is 6.61 Å². The summed E-state index contributed by atoms with van der Waals surface area (Å²) in [5.41, 5.74) is 1.39. The van der Waals surface area contributed by atoms with Gasteiger partial charge in [0.05, 0.1) is 21.9 Å². The average molecular weight is 397 g/mol. The van der Waals surface area contributed by atoms with E-state index in [1.807, 2.05) is 0 Å². The lowest BCUT2D eigenvalue weighted by atomic mass is 10.1. The van der Waals surface area contributed by atoms with Crippen LogP contribution in [-0.2, 0) is 14.3 Å². The lowest BCUT2D eigenvalue weighted by Gasteiger charge is -2.18. The Balaban J connectivity index is 1.66. The zero-order valence-electron chi connectivity index (χ0n) is 15.7. The predicted octanol–water partition coefficient (Wildman–Crippen LogP) is 2.83. The molecule has 9 nitrogen and oxygen atoms in total. The van der Waals surface area contributed by atoms with Crippen LogP contribution in [0.4, 0.5) is 17.1 Å². The van der Waals surface area contributed by atoms with Gasteiger partial charge in [0, 0.05) is 25.1 Å². The number of carbonyl (C=O) groups excluding carboxylic acids is 3. The fourth-order valence-electron chi connectivity index (χ4n) is 3.04. The second-order valence-corrected chi connectivity index (χ2v) is 6.55. The van der Waals surface area contributed by atoms with Gasteiger partial charge in [-0.25, -0.2) is 4.79 Å². The van der Waals surface area contributed by atoms with E-state index in [9.17, 15) is 24.5 Å². The van der Waals surface area contributed by atoms with Crippen LogP contribution in [0.15, 0.2) is 42.5 Å². The lowest BCUT2D eigenvalue weighted by Crippen LogP contribution is -2.27. The third-order valence-corrected chi connectivity index (χ3v) is 4.53. The molecule has 1 N–H and O–H groups in total. The number of nitrogens with one attached hydrogen (secondary N) is 1. The van der Waals surface area contributed by atoms with Crippen LogP contribution in [0.2, 0.25) is 0 Å². The van der Waals surface area contributed by atoms with Crippen molar-refractivity contribution in [3.8, 4) is 0 Å². The maximum atomic E-state index is 12.5. The van der Waals surface area contributed by atoms with Gasteiger partial charge in [0.25, 0.3) is 11.6 Å². The van der Waals surface area contributed by atoms with Gasteiger partial charge in [-0.3, -0.25) is 19.7 Å². The van der Waals surface area contributed by atoms with Gasteiger partial charge in [-0.15, -0.1) is 0 Å². The topological polar surface area (TPSA) is 119 Å². The van der Waals surface area contributed by atoms with Gasteiger partial charge < -0.3 is 15.0 Å². The van der Waals surface area contributed by atoms with Crippen molar-refractivity contribution in [1.82, 2.24) is 0 Å². The van der Waals surface area contributed by atoms with Gasteiger partial charge >= 0.3 is 5.97 Å². The van der Waals surface area contributed by atoms with Crippen LogP contribution in [0.5, 0.6) is 0 Å². The van der Waals surface area contributed by atoms with Crippen molar-refractivity contribution in [2.75, 3.05) is 23.4 Å². The molecule has 2 amide bonds. The van der Waals surface area contributed by atoms with Crippen molar-refractivity contribution in [3.63, 3.8) is 0 Å². The number of benzene rings is 2. The molecule has 0 unspecified atom stereocenters. The largest absolute Gasteiger partial charge is 0.452 e. The maximum absolute atomic E-state index is 12.5. The highest BCUT2D eigenvalue weighted by atomic mass is 16.6. The number of aryl methyl sites for hydroxylation is 1. The van der Waals surface area contributed by atoms with Gasteiger partial charge in [-0.1, -0.05) is 18.2 Å². The van der Waals surface area contributed by atoms with E-state index in [-0.39, 0.29) is 22.8 Å². The molecule has 1 heterocycles. The van der Waals surface area contributed by atoms with Crippen LogP contribution >= 0.6 is 0 Å². The van der Waals surface area contributed by atoms with Crippen LogP contribution in [0.25, 0.3) is 0 Å². The summed E-state index contributed by atoms with van der Waals surface area (Å²) >= 11 is 0. The van der Waals surface area contributed by atoms with E-state index >= 15 is 0 Å². The number of non-ortho nitro benzene ring substituents is 1. The van der Waals surface area contributed by atoms with Crippen LogP contribution in [-0.4, -0.2) is 35.9 Å². The van der Waals surface area contributed by atoms with E-state index in [2.05, 4.69) is 5.32 Å². The molecule has 0 saturated carbocycles. The molecule has 0 spiro atoms. The van der Waals surface area contributed by atoms with Crippen LogP contribution in [0.3, 0.4) is 0 Å². The van der Waals surface area contributed by atoms with Gasteiger partial charge in [0.1, 0.15) is 0 Å². The SMILES string of the molecule is Cc1ccc([N+](=O)[O-])cc1NC(=O)COC(=O)c1ccccc1N1CCCC1=O. The van der Waals surface area contributed by atoms with Crippen LogP contribution in [0, 0.1) is 17.0 Å². The van der Waals surface area contributed by atoms with Crippen molar-refractivity contribution < 1.29 is 24.0 Å². The summed E-state index contributed by atoms with van der Waals surface area (Å²) in [5.74, 6) is -1.42. The first-order chi connectivity index (χ1) is 13.9. The fraction of sp³-hybridized carbons (Fsp3) is 0.250. The summed E-state index contributed by atoms with van der Waals surface area (Å²) in [7, 11) is 0. The molecule has 0 aliphatic carbocycles. The molecule has 1 fully saturated rings. The molecule has 0 bridgehead atoms. The van der Waals surface area contributed by atoms with Crippen molar-refractivity contribution in [2.45, 2.75) is 19.8 Å². The predicted molar refractivity (Wildman–Crippen MR) is 105 cm³/mol. The lowest BCUT2D eigenvalue weighted by molar-refractivity contribution is -0.384. The van der Waals surface area contributed by atoms with E-state index < -0.39 is 23.4 Å². The van der Waals surface area contributed by atoms with Crippen molar-refractivity contribution in [3.05, 3.63) is 63.7 Å². The normalized spacial score (nSPS) is 13.3. The molecule has 9 heteroatoms. The highest BCUT2D eigenvalue weighted by Crippen LogP contribution is 2.26. The summed E-state index contributed by atoms with van der Waals surface area (Å²) < 4.78 is 5.09. The first-order valence-electron chi connectivity index (χ1n) is 8.98. The highest BCUT2D eigenvalue weighted by molar-refractivity contribution is 6.04. The van der Waals surface area contributed by atoms with Gasteiger partial charge in [-0.2, -0.15) is 0 Å². The Morgan fingerprint density at radius 1 is 1.24 bits per heavy atom. The molecular formula is C20H19N3O6. The number of esters is 1. The van der Waals surface area contributed by atoms with Crippen LogP contribution < -0.4 is 10.2 Å². The first-order valence-corrected chi connectivity index (χ1v) is 8.98. The maximum Gasteiger partial charge on any atom is 0.340 e. The number of hydrogen-bond donors (Lipinski definition) is 1. The Bertz CT molecular complexity index is 988. The molecule has 1 aliphatic heterocycles. The number of amides is 2. The molecule has 29 heavy (non-hydrogen) atoms. The number of nitro benzene ring substituents is 1.